The standard InChI is InChI=1S/C9H9F3N3O2S2/c1-5-14-7-3-2-6(9(10,11)12)4-8(7)18(15-5)19(13,16)17/h2-4H,1H3,(H,14,15)(H2,13,16,17)/q+1. The molecule has 1 aromatic rings. The number of fused-ring (bicyclic) bond motifs is 1. The maximum absolute atomic E-state index is 12.6. The number of amidine groups is 1. The summed E-state index contributed by atoms with van der Waals surface area (Å²) in [7, 11) is -5.94. The average molecular weight is 312 g/mol. The number of hydrogen-bond acceptors (Lipinski definition) is 4. The van der Waals surface area contributed by atoms with Crippen molar-refractivity contribution in [3.05, 3.63) is 23.8 Å². The summed E-state index contributed by atoms with van der Waals surface area (Å²) in [4.78, 5) is -0.0806. The van der Waals surface area contributed by atoms with Gasteiger partial charge in [0, 0.05) is 6.07 Å². The van der Waals surface area contributed by atoms with E-state index in [9.17, 15) is 21.6 Å². The predicted molar refractivity (Wildman–Crippen MR) is 66.9 cm³/mol. The van der Waals surface area contributed by atoms with E-state index in [1.807, 2.05) is 0 Å². The van der Waals surface area contributed by atoms with Crippen molar-refractivity contribution in [2.75, 3.05) is 5.32 Å². The van der Waals surface area contributed by atoms with Crippen LogP contribution in [-0.2, 0) is 25.3 Å². The van der Waals surface area contributed by atoms with Crippen molar-refractivity contribution in [1.29, 1.82) is 0 Å². The highest BCUT2D eigenvalue weighted by Crippen LogP contribution is 2.37. The monoisotopic (exact) mass is 312 g/mol. The lowest BCUT2D eigenvalue weighted by Gasteiger charge is -2.15. The maximum atomic E-state index is 12.6. The van der Waals surface area contributed by atoms with Gasteiger partial charge in [-0.15, -0.1) is 0 Å². The van der Waals surface area contributed by atoms with Gasteiger partial charge >= 0.3 is 25.3 Å². The van der Waals surface area contributed by atoms with E-state index in [2.05, 4.69) is 9.71 Å². The Bertz CT molecular complexity index is 655. The highest BCUT2D eigenvalue weighted by molar-refractivity contribution is 8.68. The quantitative estimate of drug-likeness (QED) is 0.611. The molecule has 1 atom stereocenters. The number of anilines is 1. The fourth-order valence-electron chi connectivity index (χ4n) is 1.51. The molecule has 1 heterocycles. The summed E-state index contributed by atoms with van der Waals surface area (Å²) >= 11 is 0. The first-order chi connectivity index (χ1) is 8.59. The zero-order valence-corrected chi connectivity index (χ0v) is 11.2. The third-order valence-corrected chi connectivity index (χ3v) is 5.93. The Morgan fingerprint density at radius 3 is 2.53 bits per heavy atom. The van der Waals surface area contributed by atoms with E-state index < -0.39 is 30.9 Å². The van der Waals surface area contributed by atoms with Crippen LogP contribution in [-0.4, -0.2) is 14.3 Å². The van der Waals surface area contributed by atoms with Crippen molar-refractivity contribution in [3.63, 3.8) is 0 Å². The summed E-state index contributed by atoms with van der Waals surface area (Å²) in [5.41, 5.74) is -0.679. The van der Waals surface area contributed by atoms with Crippen LogP contribution in [0.25, 0.3) is 0 Å². The molecule has 10 heteroatoms. The summed E-state index contributed by atoms with van der Waals surface area (Å²) < 4.78 is 64.5. The zero-order valence-electron chi connectivity index (χ0n) is 9.52. The first kappa shape index (κ1) is 14.2. The molecule has 0 radical (unpaired) electrons. The van der Waals surface area contributed by atoms with Gasteiger partial charge in [0.1, 0.15) is 0 Å². The Kier molecular flexibility index (Phi) is 3.27. The molecule has 0 saturated carbocycles. The number of rotatable bonds is 1. The van der Waals surface area contributed by atoms with Crippen molar-refractivity contribution in [2.24, 2.45) is 9.54 Å². The molecule has 0 aromatic heterocycles. The second-order valence-electron chi connectivity index (χ2n) is 3.75. The molecule has 1 unspecified atom stereocenters. The van der Waals surface area contributed by atoms with E-state index in [4.69, 9.17) is 5.14 Å². The zero-order chi connectivity index (χ0) is 14.4. The van der Waals surface area contributed by atoms with E-state index in [1.54, 1.807) is 0 Å². The Labute approximate surface area is 109 Å². The van der Waals surface area contributed by atoms with Crippen molar-refractivity contribution in [2.45, 2.75) is 18.0 Å². The molecule has 2 rings (SSSR count). The lowest BCUT2D eigenvalue weighted by atomic mass is 10.2. The molecule has 0 saturated heterocycles. The van der Waals surface area contributed by atoms with E-state index in [0.717, 1.165) is 12.1 Å². The predicted octanol–water partition coefficient (Wildman–Crippen LogP) is 1.65. The van der Waals surface area contributed by atoms with Gasteiger partial charge in [-0.1, -0.05) is 0 Å². The molecule has 1 aromatic carbocycles. The van der Waals surface area contributed by atoms with Gasteiger partial charge in [0.05, 0.1) is 11.3 Å². The Hall–Kier alpha value is -1.26. The van der Waals surface area contributed by atoms with Gasteiger partial charge in [-0.25, -0.2) is 0 Å². The third-order valence-electron chi connectivity index (χ3n) is 2.25. The van der Waals surface area contributed by atoms with Crippen LogP contribution in [0, 0.1) is 0 Å². The molecule has 0 aliphatic carbocycles. The summed E-state index contributed by atoms with van der Waals surface area (Å²) in [6.07, 6.45) is -4.56. The average Bonchev–Trinajstić information content (AvgIpc) is 2.24. The Balaban J connectivity index is 2.62. The smallest absolute Gasteiger partial charge is 0.336 e. The lowest BCUT2D eigenvalue weighted by molar-refractivity contribution is -0.137. The van der Waals surface area contributed by atoms with Crippen molar-refractivity contribution < 1.29 is 21.6 Å². The minimum Gasteiger partial charge on any atom is -0.336 e. The van der Waals surface area contributed by atoms with Gasteiger partial charge in [0.2, 0.25) is 4.90 Å². The van der Waals surface area contributed by atoms with E-state index in [0.29, 0.717) is 0 Å². The molecule has 104 valence electrons. The van der Waals surface area contributed by atoms with Crippen LogP contribution in [0.1, 0.15) is 12.5 Å². The summed E-state index contributed by atoms with van der Waals surface area (Å²) in [6.45, 7) is 1.51. The van der Waals surface area contributed by atoms with Gasteiger partial charge < -0.3 is 5.32 Å². The fraction of sp³-hybridized carbons (Fsp3) is 0.222. The second kappa shape index (κ2) is 4.39. The SMILES string of the molecule is CC1=N[S+](S(N)(=O)=O)c2cc(C(F)(F)F)ccc2N1. The first-order valence-electron chi connectivity index (χ1n) is 4.90. The number of nitrogens with one attached hydrogen (secondary N) is 1. The lowest BCUT2D eigenvalue weighted by Crippen LogP contribution is -2.29. The molecule has 0 amide bonds. The van der Waals surface area contributed by atoms with Crippen LogP contribution in [0.4, 0.5) is 18.9 Å². The first-order valence-corrected chi connectivity index (χ1v) is 8.15. The molecule has 0 bridgehead atoms. The molecule has 1 aliphatic heterocycles. The summed E-state index contributed by atoms with van der Waals surface area (Å²) in [5, 5.41) is 7.73. The van der Waals surface area contributed by atoms with Crippen LogP contribution in [0.15, 0.2) is 27.5 Å². The van der Waals surface area contributed by atoms with Crippen molar-refractivity contribution >= 4 is 30.7 Å². The van der Waals surface area contributed by atoms with Crippen LogP contribution >= 0.6 is 0 Å². The number of hydrogen-bond donors (Lipinski definition) is 2. The van der Waals surface area contributed by atoms with Gasteiger partial charge in [0.15, 0.2) is 5.84 Å². The van der Waals surface area contributed by atoms with Crippen LogP contribution in [0.5, 0.6) is 0 Å². The van der Waals surface area contributed by atoms with E-state index in [-0.39, 0.29) is 16.4 Å². The number of nitrogens with two attached hydrogens (primary N) is 1. The Morgan fingerprint density at radius 1 is 1.37 bits per heavy atom. The maximum Gasteiger partial charge on any atom is 0.416 e. The van der Waals surface area contributed by atoms with Crippen LogP contribution in [0.2, 0.25) is 0 Å². The minimum absolute atomic E-state index is 0.0806. The van der Waals surface area contributed by atoms with Crippen molar-refractivity contribution in [1.82, 2.24) is 0 Å². The summed E-state index contributed by atoms with van der Waals surface area (Å²) in [6, 6.07) is 2.79. The number of nitrogens with zero attached hydrogens (tertiary/aromatic N) is 1. The topological polar surface area (TPSA) is 84.5 Å². The Morgan fingerprint density at radius 2 is 2.00 bits per heavy atom. The molecule has 3 N–H and O–H groups in total. The van der Waals surface area contributed by atoms with Gasteiger partial charge in [0.25, 0.3) is 0 Å². The number of halogens is 3. The molecular weight excluding hydrogens is 303 g/mol. The van der Waals surface area contributed by atoms with Gasteiger partial charge in [-0.05, 0) is 23.5 Å². The highest BCUT2D eigenvalue weighted by atomic mass is 33.2. The van der Waals surface area contributed by atoms with E-state index >= 15 is 0 Å². The summed E-state index contributed by atoms with van der Waals surface area (Å²) in [5.74, 6) is 0.282. The van der Waals surface area contributed by atoms with Crippen LogP contribution in [0.3, 0.4) is 0 Å². The third kappa shape index (κ3) is 2.85. The van der Waals surface area contributed by atoms with Gasteiger partial charge in [-0.2, -0.15) is 26.7 Å². The molecule has 0 fully saturated rings. The van der Waals surface area contributed by atoms with Crippen molar-refractivity contribution in [3.8, 4) is 0 Å². The molecule has 1 aliphatic rings. The van der Waals surface area contributed by atoms with Gasteiger partial charge in [-0.3, -0.25) is 0 Å². The number of benzene rings is 1. The molecule has 19 heavy (non-hydrogen) atoms. The second-order valence-corrected chi connectivity index (χ2v) is 8.20. The number of alkyl halides is 3. The normalized spacial score (nSPS) is 19.4. The molecular formula is C9H9F3N3O2S2+. The van der Waals surface area contributed by atoms with Crippen LogP contribution < -0.4 is 10.5 Å². The molecule has 5 nitrogen and oxygen atoms in total. The molecule has 0 spiro atoms. The fourth-order valence-corrected chi connectivity index (χ4v) is 4.61. The highest BCUT2D eigenvalue weighted by Gasteiger charge is 2.44. The minimum atomic E-state index is -4.56. The van der Waals surface area contributed by atoms with E-state index in [1.165, 1.54) is 13.0 Å². The largest absolute Gasteiger partial charge is 0.416 e.